The number of rotatable bonds is 5. The number of hydrogen-bond donors (Lipinski definition) is 1. The second kappa shape index (κ2) is 8.34. The maximum atomic E-state index is 12.7. The lowest BCUT2D eigenvalue weighted by Crippen LogP contribution is -2.38. The van der Waals surface area contributed by atoms with Crippen LogP contribution < -0.4 is 5.32 Å². The Kier molecular flexibility index (Phi) is 5.91. The number of imide groups is 1. The van der Waals surface area contributed by atoms with Gasteiger partial charge >= 0.3 is 5.97 Å². The van der Waals surface area contributed by atoms with Crippen LogP contribution in [0.15, 0.2) is 0 Å². The predicted molar refractivity (Wildman–Crippen MR) is 112 cm³/mol. The Morgan fingerprint density at radius 1 is 1.16 bits per heavy atom. The second-order valence-corrected chi connectivity index (χ2v) is 11.4. The minimum Gasteiger partial charge on any atom is -0.462 e. The number of thiophene rings is 1. The van der Waals surface area contributed by atoms with Gasteiger partial charge in [-0.3, -0.25) is 19.3 Å². The molecule has 1 saturated carbocycles. The van der Waals surface area contributed by atoms with E-state index in [1.54, 1.807) is 6.92 Å². The van der Waals surface area contributed by atoms with Gasteiger partial charge < -0.3 is 10.1 Å². The molecule has 2 atom stereocenters. The van der Waals surface area contributed by atoms with E-state index in [1.807, 2.05) is 0 Å². The molecule has 3 aliphatic rings. The number of nitrogens with one attached hydrogen (secondary N) is 1. The van der Waals surface area contributed by atoms with Gasteiger partial charge in [0.05, 0.1) is 35.5 Å². The Morgan fingerprint density at radius 3 is 2.42 bits per heavy atom. The van der Waals surface area contributed by atoms with E-state index in [4.69, 9.17) is 4.74 Å². The van der Waals surface area contributed by atoms with Crippen molar-refractivity contribution in [2.24, 2.45) is 11.8 Å². The Bertz CT molecular complexity index is 1040. The summed E-state index contributed by atoms with van der Waals surface area (Å²) in [4.78, 5) is 52.0. The molecule has 11 heteroatoms. The van der Waals surface area contributed by atoms with Gasteiger partial charge in [-0.25, -0.2) is 13.2 Å². The Hall–Kier alpha value is -2.27. The average Bonchev–Trinajstić information content (AvgIpc) is 3.17. The Morgan fingerprint density at radius 2 is 1.81 bits per heavy atom. The van der Waals surface area contributed by atoms with Gasteiger partial charge in [-0.2, -0.15) is 0 Å². The molecule has 2 unspecified atom stereocenters. The van der Waals surface area contributed by atoms with E-state index >= 15 is 0 Å². The summed E-state index contributed by atoms with van der Waals surface area (Å²) in [5, 5.41) is 2.82. The number of carbonyl (C=O) groups excluding carboxylic acids is 4. The topological polar surface area (TPSA) is 127 Å². The fourth-order valence-electron chi connectivity index (χ4n) is 4.63. The van der Waals surface area contributed by atoms with Crippen molar-refractivity contribution in [2.45, 2.75) is 44.8 Å². The summed E-state index contributed by atoms with van der Waals surface area (Å²) in [6, 6.07) is 0. The third-order valence-corrected chi connectivity index (χ3v) is 8.96. The van der Waals surface area contributed by atoms with Gasteiger partial charge in [-0.15, -0.1) is 11.3 Å². The van der Waals surface area contributed by atoms with Gasteiger partial charge in [0, 0.05) is 4.88 Å². The third kappa shape index (κ3) is 4.12. The molecule has 0 radical (unpaired) electrons. The second-order valence-electron chi connectivity index (χ2n) is 8.08. The molecule has 168 valence electrons. The Labute approximate surface area is 184 Å². The minimum atomic E-state index is -3.26. The highest BCUT2D eigenvalue weighted by Gasteiger charge is 2.48. The first kappa shape index (κ1) is 21.9. The summed E-state index contributed by atoms with van der Waals surface area (Å²) >= 11 is 1.03. The number of ether oxygens (including phenoxy) is 1. The molecule has 3 amide bonds. The quantitative estimate of drug-likeness (QED) is 0.513. The lowest BCUT2D eigenvalue weighted by molar-refractivity contribution is -0.142. The van der Waals surface area contributed by atoms with Crippen molar-refractivity contribution >= 4 is 49.9 Å². The van der Waals surface area contributed by atoms with Gasteiger partial charge in [0.15, 0.2) is 9.84 Å². The smallest absolute Gasteiger partial charge is 0.341 e. The molecule has 9 nitrogen and oxygen atoms in total. The summed E-state index contributed by atoms with van der Waals surface area (Å²) in [5.41, 5.74) is 0.741. The number of likely N-dealkylation sites (tertiary alicyclic amines) is 1. The molecule has 1 N–H and O–H groups in total. The van der Waals surface area contributed by atoms with Crippen molar-refractivity contribution in [1.82, 2.24) is 4.90 Å². The molecule has 0 spiro atoms. The van der Waals surface area contributed by atoms with Crippen molar-refractivity contribution in [3.8, 4) is 0 Å². The number of amides is 3. The van der Waals surface area contributed by atoms with Crippen molar-refractivity contribution < 1.29 is 32.3 Å². The summed E-state index contributed by atoms with van der Waals surface area (Å²) in [6.07, 6.45) is 3.28. The number of nitrogens with zero attached hydrogens (tertiary/aromatic N) is 1. The van der Waals surface area contributed by atoms with E-state index in [0.717, 1.165) is 29.1 Å². The molecule has 3 heterocycles. The van der Waals surface area contributed by atoms with Gasteiger partial charge in [0.1, 0.15) is 11.5 Å². The highest BCUT2D eigenvalue weighted by atomic mass is 32.2. The number of sulfone groups is 1. The molecule has 1 aromatic rings. The van der Waals surface area contributed by atoms with Gasteiger partial charge in [-0.1, -0.05) is 12.8 Å². The minimum absolute atomic E-state index is 0.0733. The van der Waals surface area contributed by atoms with E-state index in [-0.39, 0.29) is 58.7 Å². The number of anilines is 1. The first-order valence-electron chi connectivity index (χ1n) is 10.4. The van der Waals surface area contributed by atoms with Crippen LogP contribution in [0.1, 0.15) is 53.4 Å². The molecule has 4 rings (SSSR count). The van der Waals surface area contributed by atoms with Crippen molar-refractivity contribution in [3.63, 3.8) is 0 Å². The fourth-order valence-corrected chi connectivity index (χ4v) is 7.68. The molecule has 1 aromatic heterocycles. The largest absolute Gasteiger partial charge is 0.462 e. The van der Waals surface area contributed by atoms with E-state index in [1.165, 1.54) is 0 Å². The summed E-state index contributed by atoms with van der Waals surface area (Å²) < 4.78 is 29.1. The van der Waals surface area contributed by atoms with Crippen LogP contribution in [0.3, 0.4) is 0 Å². The summed E-state index contributed by atoms with van der Waals surface area (Å²) in [5.74, 6) is -2.81. The maximum absolute atomic E-state index is 12.7. The molecule has 2 aliphatic heterocycles. The zero-order valence-electron chi connectivity index (χ0n) is 17.1. The molecule has 31 heavy (non-hydrogen) atoms. The average molecular weight is 469 g/mol. The summed E-state index contributed by atoms with van der Waals surface area (Å²) in [7, 11) is -3.26. The molecule has 1 saturated heterocycles. The van der Waals surface area contributed by atoms with Crippen molar-refractivity contribution in [3.05, 3.63) is 16.0 Å². The van der Waals surface area contributed by atoms with Crippen molar-refractivity contribution in [1.29, 1.82) is 0 Å². The third-order valence-electron chi connectivity index (χ3n) is 6.07. The van der Waals surface area contributed by atoms with Crippen LogP contribution in [0, 0.1) is 11.8 Å². The predicted octanol–water partition coefficient (Wildman–Crippen LogP) is 1.51. The molecule has 0 aromatic carbocycles. The fraction of sp³-hybridized carbons (Fsp3) is 0.600. The molecular formula is C20H24N2O7S2. The van der Waals surface area contributed by atoms with E-state index < -0.39 is 28.3 Å². The van der Waals surface area contributed by atoms with Crippen LogP contribution in [-0.2, 0) is 41.1 Å². The molecular weight excluding hydrogens is 444 g/mol. The highest BCUT2D eigenvalue weighted by Crippen LogP contribution is 2.40. The van der Waals surface area contributed by atoms with Crippen LogP contribution in [0.25, 0.3) is 0 Å². The van der Waals surface area contributed by atoms with Gasteiger partial charge in [-0.05, 0) is 31.7 Å². The van der Waals surface area contributed by atoms with Crippen LogP contribution in [-0.4, -0.2) is 55.9 Å². The first-order valence-corrected chi connectivity index (χ1v) is 13.0. The zero-order valence-corrected chi connectivity index (χ0v) is 18.8. The van der Waals surface area contributed by atoms with Crippen LogP contribution in [0.5, 0.6) is 0 Å². The molecule has 1 aliphatic carbocycles. The standard InChI is InChI=1S/C20H24N2O7S2/c1-2-29-20(26)16-13-7-8-31(27,28)10-14(13)30-17(16)21-15(23)9-22-18(24)11-5-3-4-6-12(11)19(22)25/h11-12H,2-10H2,1H3,(H,21,23). The van der Waals surface area contributed by atoms with E-state index in [9.17, 15) is 27.6 Å². The van der Waals surface area contributed by atoms with Gasteiger partial charge in [0.2, 0.25) is 17.7 Å². The molecule has 2 fully saturated rings. The normalized spacial score (nSPS) is 24.5. The van der Waals surface area contributed by atoms with Crippen LogP contribution in [0.2, 0.25) is 0 Å². The maximum Gasteiger partial charge on any atom is 0.341 e. The first-order chi connectivity index (χ1) is 14.7. The number of fused-ring (bicyclic) bond motifs is 2. The van der Waals surface area contributed by atoms with Crippen LogP contribution >= 0.6 is 11.3 Å². The lowest BCUT2D eigenvalue weighted by Gasteiger charge is -2.19. The summed E-state index contributed by atoms with van der Waals surface area (Å²) in [6.45, 7) is 1.37. The number of carbonyl (C=O) groups is 4. The molecule has 0 bridgehead atoms. The van der Waals surface area contributed by atoms with Crippen LogP contribution in [0.4, 0.5) is 5.00 Å². The van der Waals surface area contributed by atoms with E-state index in [0.29, 0.717) is 23.3 Å². The monoisotopic (exact) mass is 468 g/mol. The highest BCUT2D eigenvalue weighted by molar-refractivity contribution is 7.90. The SMILES string of the molecule is CCOC(=O)c1c(NC(=O)CN2C(=O)C3CCCCC3C2=O)sc2c1CCS(=O)(=O)C2. The zero-order chi connectivity index (χ0) is 22.3. The van der Waals surface area contributed by atoms with Crippen molar-refractivity contribution in [2.75, 3.05) is 24.2 Å². The van der Waals surface area contributed by atoms with E-state index in [2.05, 4.69) is 5.32 Å². The lowest BCUT2D eigenvalue weighted by atomic mass is 9.81. The number of hydrogen-bond acceptors (Lipinski definition) is 8. The van der Waals surface area contributed by atoms with Gasteiger partial charge in [0.25, 0.3) is 0 Å². The number of esters is 1. The Balaban J connectivity index is 1.55.